The zero-order valence-electron chi connectivity index (χ0n) is 13.5. The number of anilines is 1. The second-order valence-electron chi connectivity index (χ2n) is 6.53. The molecule has 1 aromatic carbocycles. The third kappa shape index (κ3) is 2.80. The van der Waals surface area contributed by atoms with Crippen LogP contribution in [0.25, 0.3) is 11.3 Å². The van der Waals surface area contributed by atoms with Gasteiger partial charge in [0.2, 0.25) is 0 Å². The summed E-state index contributed by atoms with van der Waals surface area (Å²) in [5, 5.41) is 0. The van der Waals surface area contributed by atoms with Gasteiger partial charge in [-0.1, -0.05) is 50.5 Å². The zero-order valence-corrected chi connectivity index (χ0v) is 13.5. The minimum Gasteiger partial charge on any atom is -0.383 e. The third-order valence-electron chi connectivity index (χ3n) is 3.56. The van der Waals surface area contributed by atoms with Crippen LogP contribution in [0.4, 0.5) is 5.82 Å². The molecule has 1 aromatic heterocycles. The molecule has 110 valence electrons. The zero-order chi connectivity index (χ0) is 15.8. The van der Waals surface area contributed by atoms with Gasteiger partial charge in [-0.2, -0.15) is 0 Å². The van der Waals surface area contributed by atoms with Gasteiger partial charge in [-0.05, 0) is 19.4 Å². The highest BCUT2D eigenvalue weighted by Gasteiger charge is 2.25. The number of imidazole rings is 1. The number of nitrogens with zero attached hydrogens (tertiary/aromatic N) is 2. The molecule has 2 rings (SSSR count). The average Bonchev–Trinajstić information content (AvgIpc) is 2.68. The van der Waals surface area contributed by atoms with E-state index in [4.69, 9.17) is 17.1 Å². The summed E-state index contributed by atoms with van der Waals surface area (Å²) >= 11 is 0. The molecule has 0 unspecified atom stereocenters. The van der Waals surface area contributed by atoms with E-state index in [1.807, 2.05) is 4.57 Å². The van der Waals surface area contributed by atoms with Crippen LogP contribution in [-0.4, -0.2) is 9.55 Å². The fraction of sp³-hybridized carbons (Fsp3) is 0.389. The first-order chi connectivity index (χ1) is 9.75. The van der Waals surface area contributed by atoms with E-state index < -0.39 is 0 Å². The number of terminal acetylenes is 1. The Balaban J connectivity index is 2.68. The number of benzene rings is 1. The van der Waals surface area contributed by atoms with Gasteiger partial charge in [0.05, 0.1) is 6.54 Å². The van der Waals surface area contributed by atoms with Crippen LogP contribution in [0, 0.1) is 26.2 Å². The number of aromatic nitrogens is 2. The van der Waals surface area contributed by atoms with Crippen LogP contribution in [0.3, 0.4) is 0 Å². The van der Waals surface area contributed by atoms with Crippen LogP contribution < -0.4 is 5.73 Å². The van der Waals surface area contributed by atoms with Crippen molar-refractivity contribution in [3.63, 3.8) is 0 Å². The first kappa shape index (κ1) is 15.2. The number of aryl methyl sites for hydroxylation is 2. The Morgan fingerprint density at radius 2 is 1.95 bits per heavy atom. The fourth-order valence-electron chi connectivity index (χ4n) is 2.57. The number of hydrogen-bond donors (Lipinski definition) is 1. The maximum absolute atomic E-state index is 6.33. The van der Waals surface area contributed by atoms with Gasteiger partial charge in [0.15, 0.2) is 0 Å². The lowest BCUT2D eigenvalue weighted by Gasteiger charge is -2.18. The minimum atomic E-state index is -0.109. The summed E-state index contributed by atoms with van der Waals surface area (Å²) in [5.74, 6) is 4.24. The van der Waals surface area contributed by atoms with Crippen molar-refractivity contribution in [3.05, 3.63) is 35.2 Å². The maximum atomic E-state index is 6.33. The van der Waals surface area contributed by atoms with Crippen molar-refractivity contribution in [1.29, 1.82) is 0 Å². The predicted molar refractivity (Wildman–Crippen MR) is 89.1 cm³/mol. The Kier molecular flexibility index (Phi) is 3.82. The van der Waals surface area contributed by atoms with Gasteiger partial charge in [-0.15, -0.1) is 6.42 Å². The Hall–Kier alpha value is -2.21. The second-order valence-corrected chi connectivity index (χ2v) is 6.53. The SMILES string of the molecule is C#CCn1c(C(C)(C)C)nc(-c2ccc(C)cc2C)c1N. The largest absolute Gasteiger partial charge is 0.383 e. The minimum absolute atomic E-state index is 0.109. The monoisotopic (exact) mass is 281 g/mol. The van der Waals surface area contributed by atoms with Gasteiger partial charge in [-0.25, -0.2) is 4.98 Å². The Labute approximate surface area is 127 Å². The summed E-state index contributed by atoms with van der Waals surface area (Å²) < 4.78 is 1.94. The molecule has 0 saturated carbocycles. The van der Waals surface area contributed by atoms with Crippen LogP contribution in [0.5, 0.6) is 0 Å². The highest BCUT2D eigenvalue weighted by atomic mass is 15.1. The first-order valence-electron chi connectivity index (χ1n) is 7.13. The lowest BCUT2D eigenvalue weighted by molar-refractivity contribution is 0.517. The predicted octanol–water partition coefficient (Wildman–Crippen LogP) is 3.68. The van der Waals surface area contributed by atoms with E-state index in [0.717, 1.165) is 17.1 Å². The van der Waals surface area contributed by atoms with Crippen LogP contribution in [0.15, 0.2) is 18.2 Å². The molecule has 21 heavy (non-hydrogen) atoms. The summed E-state index contributed by atoms with van der Waals surface area (Å²) in [5.41, 5.74) is 10.5. The molecule has 0 aliphatic heterocycles. The van der Waals surface area contributed by atoms with Crippen LogP contribution in [-0.2, 0) is 12.0 Å². The number of nitrogen functional groups attached to an aromatic ring is 1. The Morgan fingerprint density at radius 3 is 2.48 bits per heavy atom. The first-order valence-corrected chi connectivity index (χ1v) is 7.13. The van der Waals surface area contributed by atoms with E-state index >= 15 is 0 Å². The van der Waals surface area contributed by atoms with Gasteiger partial charge in [-0.3, -0.25) is 0 Å². The van der Waals surface area contributed by atoms with Gasteiger partial charge in [0, 0.05) is 11.0 Å². The van der Waals surface area contributed by atoms with E-state index in [1.165, 1.54) is 11.1 Å². The number of hydrogen-bond acceptors (Lipinski definition) is 2. The molecule has 0 saturated heterocycles. The topological polar surface area (TPSA) is 43.8 Å². The van der Waals surface area contributed by atoms with Gasteiger partial charge >= 0.3 is 0 Å². The summed E-state index contributed by atoms with van der Waals surface area (Å²) in [6, 6.07) is 6.31. The second kappa shape index (κ2) is 5.29. The van der Waals surface area contributed by atoms with E-state index in [9.17, 15) is 0 Å². The maximum Gasteiger partial charge on any atom is 0.132 e. The summed E-state index contributed by atoms with van der Waals surface area (Å²) in [6.45, 7) is 11.0. The van der Waals surface area contributed by atoms with Crippen molar-refractivity contribution in [2.75, 3.05) is 5.73 Å². The highest BCUT2D eigenvalue weighted by molar-refractivity contribution is 5.74. The lowest BCUT2D eigenvalue weighted by atomic mass is 9.95. The molecule has 0 radical (unpaired) electrons. The fourth-order valence-corrected chi connectivity index (χ4v) is 2.57. The van der Waals surface area contributed by atoms with E-state index in [-0.39, 0.29) is 5.41 Å². The molecular weight excluding hydrogens is 258 g/mol. The summed E-state index contributed by atoms with van der Waals surface area (Å²) in [7, 11) is 0. The van der Waals surface area contributed by atoms with Crippen molar-refractivity contribution in [2.24, 2.45) is 0 Å². The molecule has 3 heteroatoms. The average molecular weight is 281 g/mol. The lowest BCUT2D eigenvalue weighted by Crippen LogP contribution is -2.19. The molecule has 0 fully saturated rings. The van der Waals surface area contributed by atoms with Crippen molar-refractivity contribution in [3.8, 4) is 23.6 Å². The molecule has 2 N–H and O–H groups in total. The van der Waals surface area contributed by atoms with Gasteiger partial charge in [0.25, 0.3) is 0 Å². The standard InChI is InChI=1S/C18H23N3/c1-7-10-21-16(19)15(20-17(21)18(4,5)6)14-9-8-12(2)11-13(14)3/h1,8-9,11H,10,19H2,2-6H3. The molecule has 0 bridgehead atoms. The number of rotatable bonds is 2. The Morgan fingerprint density at radius 1 is 1.29 bits per heavy atom. The van der Waals surface area contributed by atoms with Crippen LogP contribution >= 0.6 is 0 Å². The molecule has 1 heterocycles. The number of nitrogens with two attached hydrogens (primary N) is 1. The quantitative estimate of drug-likeness (QED) is 0.853. The third-order valence-corrected chi connectivity index (χ3v) is 3.56. The normalized spacial score (nSPS) is 11.4. The summed E-state index contributed by atoms with van der Waals surface area (Å²) in [6.07, 6.45) is 5.49. The van der Waals surface area contributed by atoms with Crippen molar-refractivity contribution < 1.29 is 0 Å². The van der Waals surface area contributed by atoms with E-state index in [1.54, 1.807) is 0 Å². The molecule has 2 aromatic rings. The van der Waals surface area contributed by atoms with E-state index in [0.29, 0.717) is 12.4 Å². The highest BCUT2D eigenvalue weighted by Crippen LogP contribution is 2.33. The molecule has 3 nitrogen and oxygen atoms in total. The Bertz CT molecular complexity index is 709. The van der Waals surface area contributed by atoms with Gasteiger partial charge in [0.1, 0.15) is 17.3 Å². The summed E-state index contributed by atoms with van der Waals surface area (Å²) in [4.78, 5) is 4.80. The smallest absolute Gasteiger partial charge is 0.132 e. The molecule has 0 spiro atoms. The molecular formula is C18H23N3. The molecule has 0 aliphatic rings. The molecule has 0 aliphatic carbocycles. The van der Waals surface area contributed by atoms with Crippen molar-refractivity contribution in [1.82, 2.24) is 9.55 Å². The van der Waals surface area contributed by atoms with Crippen LogP contribution in [0.1, 0.15) is 37.7 Å². The molecule has 0 atom stereocenters. The van der Waals surface area contributed by atoms with E-state index in [2.05, 4.69) is 58.7 Å². The molecule has 0 amide bonds. The van der Waals surface area contributed by atoms with Gasteiger partial charge < -0.3 is 10.3 Å². The van der Waals surface area contributed by atoms with Crippen LogP contribution in [0.2, 0.25) is 0 Å². The van der Waals surface area contributed by atoms with Crippen molar-refractivity contribution >= 4 is 5.82 Å². The van der Waals surface area contributed by atoms with Crippen molar-refractivity contribution in [2.45, 2.75) is 46.6 Å².